The first-order valence-electron chi connectivity index (χ1n) is 38.4. The van der Waals surface area contributed by atoms with Crippen LogP contribution in [0.3, 0.4) is 0 Å². The maximum absolute atomic E-state index is 12.5. The molecule has 2 unspecified atom stereocenters. The molecule has 85 heavy (non-hydrogen) atoms. The van der Waals surface area contributed by atoms with Crippen molar-refractivity contribution >= 4 is 11.9 Å². The molecule has 1 amide bonds. The number of allylic oxidation sites excluding steroid dienone is 7. The van der Waals surface area contributed by atoms with Crippen LogP contribution in [0.4, 0.5) is 0 Å². The summed E-state index contributed by atoms with van der Waals surface area (Å²) in [5.74, 6) is -0.0592. The van der Waals surface area contributed by atoms with Crippen LogP contribution in [0.25, 0.3) is 0 Å². The van der Waals surface area contributed by atoms with E-state index < -0.39 is 12.1 Å². The zero-order valence-corrected chi connectivity index (χ0v) is 57.4. The number of aliphatic hydroxyl groups excluding tert-OH is 2. The van der Waals surface area contributed by atoms with Gasteiger partial charge in [0.05, 0.1) is 25.4 Å². The van der Waals surface area contributed by atoms with E-state index in [-0.39, 0.29) is 18.5 Å². The van der Waals surface area contributed by atoms with E-state index in [1.165, 1.54) is 340 Å². The van der Waals surface area contributed by atoms with Crippen LogP contribution >= 0.6 is 0 Å². The third-order valence-electron chi connectivity index (χ3n) is 17.8. The number of nitrogens with one attached hydrogen (secondary N) is 1. The normalized spacial score (nSPS) is 12.8. The molecule has 0 rings (SSSR count). The number of unbranched alkanes of at least 4 members (excludes halogenated alkanes) is 55. The third-order valence-corrected chi connectivity index (χ3v) is 17.8. The van der Waals surface area contributed by atoms with Gasteiger partial charge < -0.3 is 20.3 Å². The van der Waals surface area contributed by atoms with Crippen molar-refractivity contribution in [2.75, 3.05) is 13.2 Å². The summed E-state index contributed by atoms with van der Waals surface area (Å²) in [6, 6.07) is -0.630. The number of carbonyl (C=O) groups is 2. The number of aliphatic hydroxyl groups is 2. The van der Waals surface area contributed by atoms with E-state index in [4.69, 9.17) is 4.74 Å². The molecular weight excluding hydrogens is 1040 g/mol. The maximum Gasteiger partial charge on any atom is 0.305 e. The minimum Gasteiger partial charge on any atom is -0.466 e. The molecule has 0 aromatic carbocycles. The molecule has 0 aromatic heterocycles. The summed E-state index contributed by atoms with van der Waals surface area (Å²) in [5, 5.41) is 23.3. The van der Waals surface area contributed by atoms with Crippen LogP contribution in [0.5, 0.6) is 0 Å². The van der Waals surface area contributed by atoms with E-state index in [0.717, 1.165) is 51.4 Å². The lowest BCUT2D eigenvalue weighted by Crippen LogP contribution is -2.45. The Kier molecular flexibility index (Phi) is 72.4. The van der Waals surface area contributed by atoms with Gasteiger partial charge in [-0.3, -0.25) is 9.59 Å². The Morgan fingerprint density at radius 3 is 0.918 bits per heavy atom. The van der Waals surface area contributed by atoms with Crippen LogP contribution in [0.15, 0.2) is 48.6 Å². The molecule has 3 N–H and O–H groups in total. The number of rotatable bonds is 72. The number of hydrogen-bond acceptors (Lipinski definition) is 5. The predicted octanol–water partition coefficient (Wildman–Crippen LogP) is 25.2. The molecule has 6 nitrogen and oxygen atoms in total. The Bertz CT molecular complexity index is 1420. The first kappa shape index (κ1) is 82.8. The lowest BCUT2D eigenvalue weighted by molar-refractivity contribution is -0.143. The Labute approximate surface area is 531 Å². The van der Waals surface area contributed by atoms with Crippen LogP contribution in [0, 0.1) is 0 Å². The van der Waals surface area contributed by atoms with Crippen LogP contribution in [-0.4, -0.2) is 47.4 Å². The maximum atomic E-state index is 12.5. The van der Waals surface area contributed by atoms with Gasteiger partial charge in [-0.25, -0.2) is 0 Å². The zero-order chi connectivity index (χ0) is 61.3. The van der Waals surface area contributed by atoms with E-state index in [0.29, 0.717) is 19.4 Å². The fourth-order valence-corrected chi connectivity index (χ4v) is 12.0. The fourth-order valence-electron chi connectivity index (χ4n) is 12.0. The minimum atomic E-state index is -0.846. The summed E-state index contributed by atoms with van der Waals surface area (Å²) in [5.41, 5.74) is 0. The molecule has 0 bridgehead atoms. The van der Waals surface area contributed by atoms with Gasteiger partial charge in [-0.15, -0.1) is 0 Å². The van der Waals surface area contributed by atoms with E-state index in [9.17, 15) is 19.8 Å². The van der Waals surface area contributed by atoms with E-state index in [1.54, 1.807) is 6.08 Å². The molecule has 0 saturated heterocycles. The molecule has 0 saturated carbocycles. The third kappa shape index (κ3) is 70.8. The second-order valence-corrected chi connectivity index (χ2v) is 26.3. The molecule has 0 aliphatic heterocycles. The summed E-state index contributed by atoms with van der Waals surface area (Å²) in [4.78, 5) is 24.6. The van der Waals surface area contributed by atoms with E-state index >= 15 is 0 Å². The molecule has 0 radical (unpaired) electrons. The molecule has 500 valence electrons. The van der Waals surface area contributed by atoms with Gasteiger partial charge in [-0.05, 0) is 89.9 Å². The van der Waals surface area contributed by atoms with Crippen molar-refractivity contribution < 1.29 is 24.5 Å². The first-order chi connectivity index (χ1) is 42.0. The van der Waals surface area contributed by atoms with Crippen LogP contribution < -0.4 is 5.32 Å². The van der Waals surface area contributed by atoms with Crippen molar-refractivity contribution in [2.24, 2.45) is 0 Å². The Morgan fingerprint density at radius 1 is 0.329 bits per heavy atom. The van der Waals surface area contributed by atoms with Crippen molar-refractivity contribution in [3.63, 3.8) is 0 Å². The van der Waals surface area contributed by atoms with Crippen molar-refractivity contribution in [1.82, 2.24) is 5.32 Å². The molecule has 0 aromatic rings. The number of amides is 1. The highest BCUT2D eigenvalue weighted by Crippen LogP contribution is 2.19. The minimum absolute atomic E-state index is 0.00393. The molecule has 0 aliphatic carbocycles. The molecule has 0 aliphatic rings. The highest BCUT2D eigenvalue weighted by Gasteiger charge is 2.18. The number of esters is 1. The van der Waals surface area contributed by atoms with Crippen LogP contribution in [0.2, 0.25) is 0 Å². The second-order valence-electron chi connectivity index (χ2n) is 26.3. The molecule has 0 spiro atoms. The smallest absolute Gasteiger partial charge is 0.305 e. The van der Waals surface area contributed by atoms with Gasteiger partial charge in [0.25, 0.3) is 0 Å². The average molecular weight is 1190 g/mol. The van der Waals surface area contributed by atoms with Crippen LogP contribution in [0.1, 0.15) is 418 Å². The Balaban J connectivity index is 3.42. The Hall–Kier alpha value is -2.18. The summed E-state index contributed by atoms with van der Waals surface area (Å²) in [6.07, 6.45) is 97.9. The van der Waals surface area contributed by atoms with Gasteiger partial charge in [0, 0.05) is 12.8 Å². The van der Waals surface area contributed by atoms with Gasteiger partial charge in [0.2, 0.25) is 5.91 Å². The van der Waals surface area contributed by atoms with Gasteiger partial charge in [-0.2, -0.15) is 0 Å². The predicted molar refractivity (Wildman–Crippen MR) is 375 cm³/mol. The first-order valence-corrected chi connectivity index (χ1v) is 38.4. The summed E-state index contributed by atoms with van der Waals surface area (Å²) >= 11 is 0. The van der Waals surface area contributed by atoms with Crippen LogP contribution in [-0.2, 0) is 14.3 Å². The molecule has 6 heteroatoms. The number of ether oxygens (including phenoxy) is 1. The average Bonchev–Trinajstić information content (AvgIpc) is 3.51. The van der Waals surface area contributed by atoms with Crippen molar-refractivity contribution in [2.45, 2.75) is 431 Å². The molecule has 2 atom stereocenters. The zero-order valence-electron chi connectivity index (χ0n) is 57.4. The lowest BCUT2D eigenvalue weighted by Gasteiger charge is -2.20. The van der Waals surface area contributed by atoms with Gasteiger partial charge in [0.15, 0.2) is 0 Å². The highest BCUT2D eigenvalue weighted by atomic mass is 16.5. The number of carbonyl (C=O) groups excluding carboxylic acids is 2. The SMILES string of the molecule is CCCCCC/C=C\CCCCCCCC(=O)OCCCCCCCCCCC/C=C\C/C=C\CCCCCCCCCCCCCCCCCC(=O)NC(CO)C(O)/C=C/CCCCCCCCCCCCCCCCCCCCCCCC. The van der Waals surface area contributed by atoms with E-state index in [2.05, 4.69) is 55.6 Å². The fraction of sp³-hybridized carbons (Fsp3) is 0.873. The van der Waals surface area contributed by atoms with Gasteiger partial charge in [-0.1, -0.05) is 364 Å². The lowest BCUT2D eigenvalue weighted by atomic mass is 10.0. The molecular formula is C79H149NO5. The largest absolute Gasteiger partial charge is 0.466 e. The van der Waals surface area contributed by atoms with Crippen molar-refractivity contribution in [3.05, 3.63) is 48.6 Å². The second kappa shape index (κ2) is 74.3. The van der Waals surface area contributed by atoms with Gasteiger partial charge in [0.1, 0.15) is 0 Å². The monoisotopic (exact) mass is 1190 g/mol. The summed E-state index contributed by atoms with van der Waals surface area (Å²) in [6.45, 7) is 4.92. The van der Waals surface area contributed by atoms with Crippen molar-refractivity contribution in [3.8, 4) is 0 Å². The van der Waals surface area contributed by atoms with Gasteiger partial charge >= 0.3 is 5.97 Å². The van der Waals surface area contributed by atoms with Crippen molar-refractivity contribution in [1.29, 1.82) is 0 Å². The Morgan fingerprint density at radius 2 is 0.588 bits per heavy atom. The summed E-state index contributed by atoms with van der Waals surface area (Å²) in [7, 11) is 0. The highest BCUT2D eigenvalue weighted by molar-refractivity contribution is 5.76. The van der Waals surface area contributed by atoms with E-state index in [1.807, 2.05) is 6.08 Å². The molecule has 0 fully saturated rings. The standard InChI is InChI=1S/C79H149NO5/c1-3-5-7-9-11-13-15-17-18-19-20-21-22-32-35-38-41-44-48-51-55-59-63-67-71-77(82)76(75-81)80-78(83)72-68-64-60-56-52-49-45-42-39-36-33-30-28-26-24-23-25-27-29-31-34-37-40-43-46-50-54-58-62-66-70-74-85-79(84)73-69-65-61-57-53-47-16-14-12-10-8-6-4-2/h14,16,25,27,31,34,67,71,76-77,81-82H,3-13,15,17-24,26,28-30,32-33,35-66,68-70,72-75H2,1-2H3,(H,80,83)/b16-14-,27-25-,34-31-,71-67+. The molecule has 0 heterocycles. The topological polar surface area (TPSA) is 95.9 Å². The quantitative estimate of drug-likeness (QED) is 0.0320. The number of hydrogen-bond donors (Lipinski definition) is 3. The summed E-state index contributed by atoms with van der Waals surface area (Å²) < 4.78 is 5.48.